The fraction of sp³-hybridized carbons (Fsp3) is 0.143. The highest BCUT2D eigenvalue weighted by Gasteiger charge is 2.38. The summed E-state index contributed by atoms with van der Waals surface area (Å²) in [6.07, 6.45) is 0. The zero-order chi connectivity index (χ0) is 32.8. The van der Waals surface area contributed by atoms with Crippen molar-refractivity contribution >= 4 is 41.9 Å². The zero-order valence-corrected chi connectivity index (χ0v) is 23.8. The van der Waals surface area contributed by atoms with Crippen LogP contribution in [0.15, 0.2) is 54.6 Å². The largest absolute Gasteiger partial charge is 0.543 e. The molecule has 44 heavy (non-hydrogen) atoms. The van der Waals surface area contributed by atoms with Gasteiger partial charge in [-0.2, -0.15) is 15.5 Å². The van der Waals surface area contributed by atoms with Crippen LogP contribution in [0.3, 0.4) is 0 Å². The fourth-order valence-electron chi connectivity index (χ4n) is 3.26. The lowest BCUT2D eigenvalue weighted by molar-refractivity contribution is -0.385. The van der Waals surface area contributed by atoms with E-state index in [1.165, 1.54) is 21.3 Å². The molecule has 0 atom stereocenters. The lowest BCUT2D eigenvalue weighted by Gasteiger charge is -2.29. The number of nitro benzene ring substituents is 3. The molecule has 0 fully saturated rings. The summed E-state index contributed by atoms with van der Waals surface area (Å²) in [7, 11) is -1.67. The number of hydrogen-bond donors (Lipinski definition) is 3. The highest BCUT2D eigenvalue weighted by atomic mass is 31.2. The van der Waals surface area contributed by atoms with Gasteiger partial charge in [0.1, 0.15) is 17.2 Å². The molecule has 3 rings (SSSR count). The highest BCUT2D eigenvalue weighted by molar-refractivity contribution is 7.48. The Labute approximate surface area is 246 Å². The first kappa shape index (κ1) is 33.2. The molecule has 6 N–H and O–H groups in total. The number of nitrogens with zero attached hydrogens (tertiary/aromatic N) is 6. The highest BCUT2D eigenvalue weighted by Crippen LogP contribution is 2.53. The predicted molar refractivity (Wildman–Crippen MR) is 150 cm³/mol. The first-order chi connectivity index (χ1) is 20.7. The van der Waals surface area contributed by atoms with Gasteiger partial charge < -0.3 is 14.2 Å². The van der Waals surface area contributed by atoms with Gasteiger partial charge in [-0.25, -0.2) is 22.1 Å². The molecule has 236 valence electrons. The molecule has 0 bridgehead atoms. The number of benzene rings is 3. The third kappa shape index (κ3) is 8.14. The minimum atomic E-state index is -5.30. The molecule has 0 radical (unpaired) electrons. The van der Waals surface area contributed by atoms with E-state index in [-0.39, 0.29) is 49.8 Å². The van der Waals surface area contributed by atoms with Crippen LogP contribution in [0.4, 0.5) is 34.1 Å². The number of rotatable bonds is 15. The summed E-state index contributed by atoms with van der Waals surface area (Å²) < 4.78 is 44.5. The van der Waals surface area contributed by atoms with Crippen molar-refractivity contribution in [1.82, 2.24) is 0 Å². The van der Waals surface area contributed by atoms with E-state index in [0.717, 1.165) is 54.6 Å². The fourth-order valence-corrected chi connectivity index (χ4v) is 4.28. The van der Waals surface area contributed by atoms with Gasteiger partial charge in [-0.05, 0) is 0 Å². The first-order valence-corrected chi connectivity index (χ1v) is 13.0. The van der Waals surface area contributed by atoms with Crippen molar-refractivity contribution in [3.63, 3.8) is 0 Å². The van der Waals surface area contributed by atoms with Gasteiger partial charge in [-0.3, -0.25) is 30.3 Å². The summed E-state index contributed by atoms with van der Waals surface area (Å²) in [5.41, 5.74) is -2.48. The first-order valence-electron chi connectivity index (χ1n) is 11.5. The number of non-ortho nitro benzene ring substituents is 3. The number of nitrogens with two attached hydrogens (primary N) is 3. The lowest BCUT2D eigenvalue weighted by Crippen LogP contribution is -2.38. The lowest BCUT2D eigenvalue weighted by atomic mass is 10.2. The molecule has 3 aromatic rings. The van der Waals surface area contributed by atoms with E-state index in [0.29, 0.717) is 0 Å². The second-order valence-corrected chi connectivity index (χ2v) is 9.49. The number of hydrazine groups is 3. The molecule has 0 unspecified atom stereocenters. The van der Waals surface area contributed by atoms with Crippen molar-refractivity contribution in [2.75, 3.05) is 36.8 Å². The second kappa shape index (κ2) is 13.7. The van der Waals surface area contributed by atoms with Crippen molar-refractivity contribution in [3.05, 3.63) is 84.9 Å². The van der Waals surface area contributed by atoms with Crippen molar-refractivity contribution in [2.24, 2.45) is 17.5 Å². The van der Waals surface area contributed by atoms with Gasteiger partial charge in [-0.15, -0.1) is 13.9 Å². The van der Waals surface area contributed by atoms with Crippen molar-refractivity contribution in [2.45, 2.75) is 0 Å². The molecule has 0 spiro atoms. The van der Waals surface area contributed by atoms with Crippen LogP contribution in [0, 0.1) is 30.3 Å². The van der Waals surface area contributed by atoms with Gasteiger partial charge in [0, 0.05) is 36.4 Å². The maximum atomic E-state index is 14.0. The van der Waals surface area contributed by atoms with Gasteiger partial charge in [0.15, 0.2) is 0 Å². The van der Waals surface area contributed by atoms with Crippen molar-refractivity contribution in [3.8, 4) is 17.2 Å². The molecule has 0 aliphatic rings. The molecule has 0 aromatic heterocycles. The minimum Gasteiger partial charge on any atom is -0.496 e. The number of methoxy groups -OCH3 is 3. The van der Waals surface area contributed by atoms with E-state index in [1.54, 1.807) is 0 Å². The summed E-state index contributed by atoms with van der Waals surface area (Å²) in [5.74, 6) is 17.5. The van der Waals surface area contributed by atoms with Crippen molar-refractivity contribution in [1.29, 1.82) is 0 Å². The van der Waals surface area contributed by atoms with E-state index in [9.17, 15) is 34.9 Å². The number of anilines is 3. The van der Waals surface area contributed by atoms with Gasteiger partial charge in [-0.1, -0.05) is 0 Å². The molecule has 3 aromatic carbocycles. The molecule has 0 aliphatic carbocycles. The molecule has 0 saturated carbocycles. The van der Waals surface area contributed by atoms with Gasteiger partial charge in [0.25, 0.3) is 17.1 Å². The van der Waals surface area contributed by atoms with E-state index in [4.69, 9.17) is 45.6 Å². The molecule has 0 aliphatic heterocycles. The summed E-state index contributed by atoms with van der Waals surface area (Å²) in [6, 6.07) is 9.33. The van der Waals surface area contributed by atoms with Crippen LogP contribution >= 0.6 is 7.82 Å². The zero-order valence-electron chi connectivity index (χ0n) is 22.9. The smallest absolute Gasteiger partial charge is 0.496 e. The summed E-state index contributed by atoms with van der Waals surface area (Å²) in [6.45, 7) is 0. The Bertz CT molecular complexity index is 1430. The summed E-state index contributed by atoms with van der Waals surface area (Å²) in [4.78, 5) is 31.8. The third-order valence-corrected chi connectivity index (χ3v) is 6.42. The molecule has 0 saturated heterocycles. The normalized spacial score (nSPS) is 11.0. The second-order valence-electron chi connectivity index (χ2n) is 8.11. The SMILES string of the molecule is COc1cc(N(N)OP(=O)(ON(N)c2cc(OC)cc([N+](=O)[O-])c2)ON(N)c2cc(OC)cc([N+](=O)[O-])c2)cc([N+](=O)[O-])c1. The van der Waals surface area contributed by atoms with E-state index in [1.807, 2.05) is 0 Å². The average molecular weight is 641 g/mol. The van der Waals surface area contributed by atoms with Crippen LogP contribution in [0.2, 0.25) is 0 Å². The van der Waals surface area contributed by atoms with Crippen LogP contribution in [-0.4, -0.2) is 36.1 Å². The molecule has 0 amide bonds. The van der Waals surface area contributed by atoms with E-state index < -0.39 is 39.7 Å². The number of ether oxygens (including phenoxy) is 3. The summed E-state index contributed by atoms with van der Waals surface area (Å²) >= 11 is 0. The molecule has 0 heterocycles. The van der Waals surface area contributed by atoms with Gasteiger partial charge >= 0.3 is 7.82 Å². The number of hydrogen-bond acceptors (Lipinski definition) is 19. The third-order valence-electron chi connectivity index (χ3n) is 5.30. The van der Waals surface area contributed by atoms with Gasteiger partial charge in [0.05, 0.1) is 71.4 Å². The van der Waals surface area contributed by atoms with Crippen LogP contribution in [-0.2, 0) is 18.4 Å². The van der Waals surface area contributed by atoms with E-state index in [2.05, 4.69) is 0 Å². The molecule has 22 nitrogen and oxygen atoms in total. The Kier molecular flexibility index (Phi) is 10.4. The van der Waals surface area contributed by atoms with Crippen LogP contribution in [0.5, 0.6) is 17.2 Å². The minimum absolute atomic E-state index is 0.0572. The molecular weight excluding hydrogens is 617 g/mol. The summed E-state index contributed by atoms with van der Waals surface area (Å²) in [5, 5.41) is 34.8. The number of phosphoric acid groups is 1. The number of nitro groups is 3. The average Bonchev–Trinajstić information content (AvgIpc) is 2.99. The van der Waals surface area contributed by atoms with Crippen LogP contribution in [0.1, 0.15) is 0 Å². The Morgan fingerprint density at radius 2 is 0.795 bits per heavy atom. The Morgan fingerprint density at radius 1 is 0.545 bits per heavy atom. The standard InChI is InChI=1S/C21H24N9O13P/c1-38-19-7-13(4-16(10-19)28(31)32)25(22)41-44(37,42-26(23)14-5-17(29(33)34)11-20(8-14)39-2)43-27(24)15-6-18(30(35)36)12-21(9-15)40-3/h4-12H,22-24H2,1-3H3. The van der Waals surface area contributed by atoms with Gasteiger partial charge in [0.2, 0.25) is 0 Å². The Balaban J connectivity index is 2.05. The Morgan fingerprint density at radius 3 is 1.00 bits per heavy atom. The maximum absolute atomic E-state index is 14.0. The molecular formula is C21H24N9O13P. The molecule has 23 heteroatoms. The Hall–Kier alpha value is -5.35. The predicted octanol–water partition coefficient (Wildman–Crippen LogP) is 2.78. The van der Waals surface area contributed by atoms with Crippen LogP contribution < -0.4 is 47.3 Å². The van der Waals surface area contributed by atoms with E-state index >= 15 is 0 Å². The topological polar surface area (TPSA) is 290 Å². The quantitative estimate of drug-likeness (QED) is 0.0929. The van der Waals surface area contributed by atoms with Crippen molar-refractivity contribution < 1.29 is 47.4 Å². The monoisotopic (exact) mass is 641 g/mol. The van der Waals surface area contributed by atoms with Crippen LogP contribution in [0.25, 0.3) is 0 Å². The maximum Gasteiger partial charge on any atom is 0.543 e.